The molecular formula is C20H16BrClN2O3. The Morgan fingerprint density at radius 1 is 1.19 bits per heavy atom. The molecule has 27 heavy (non-hydrogen) atoms. The molecule has 0 saturated carbocycles. The van der Waals surface area contributed by atoms with Crippen LogP contribution in [0.15, 0.2) is 53.0 Å². The first-order valence-electron chi connectivity index (χ1n) is 8.46. The molecule has 2 aromatic carbocycles. The third-order valence-electron chi connectivity index (χ3n) is 5.02. The van der Waals surface area contributed by atoms with Crippen LogP contribution in [0.3, 0.4) is 0 Å². The number of aliphatic carboxylic acids is 1. The van der Waals surface area contributed by atoms with E-state index in [0.29, 0.717) is 0 Å². The number of halogens is 2. The first-order chi connectivity index (χ1) is 13.0. The van der Waals surface area contributed by atoms with Crippen LogP contribution in [0.25, 0.3) is 10.9 Å². The lowest BCUT2D eigenvalue weighted by Crippen LogP contribution is -2.52. The third-order valence-corrected chi connectivity index (χ3v) is 5.97. The molecule has 0 radical (unpaired) electrons. The minimum Gasteiger partial charge on any atom is -0.480 e. The van der Waals surface area contributed by atoms with Crippen molar-refractivity contribution in [3.8, 4) is 0 Å². The second-order valence-corrected chi connectivity index (χ2v) is 7.60. The standard InChI is InChI=1S/C20H16BrClN2O3/c21-14-7-3-1-6-12(14)19-18-13(11-5-2-4-8-15(11)23-18)9-16(20(26)27)24(19)17(25)10-22/h1-8,16,19,23H,9-10H2,(H,26,27)/t16-,19-/m0/s1. The van der Waals surface area contributed by atoms with Crippen LogP contribution >= 0.6 is 27.5 Å². The van der Waals surface area contributed by atoms with Crippen molar-refractivity contribution < 1.29 is 14.7 Å². The largest absolute Gasteiger partial charge is 0.480 e. The highest BCUT2D eigenvalue weighted by Gasteiger charge is 2.43. The number of aromatic amines is 1. The number of fused-ring (bicyclic) bond motifs is 3. The average molecular weight is 448 g/mol. The molecule has 4 rings (SSSR count). The predicted octanol–water partition coefficient (Wildman–Crippen LogP) is 4.10. The minimum absolute atomic E-state index is 0.234. The van der Waals surface area contributed by atoms with E-state index in [0.717, 1.165) is 32.2 Å². The number of carbonyl (C=O) groups is 2. The summed E-state index contributed by atoms with van der Waals surface area (Å²) in [5, 5.41) is 10.8. The van der Waals surface area contributed by atoms with Gasteiger partial charge >= 0.3 is 5.97 Å². The zero-order chi connectivity index (χ0) is 19.1. The fourth-order valence-electron chi connectivity index (χ4n) is 3.88. The summed E-state index contributed by atoms with van der Waals surface area (Å²) in [6.45, 7) is 0. The van der Waals surface area contributed by atoms with Gasteiger partial charge in [-0.05, 0) is 23.3 Å². The topological polar surface area (TPSA) is 73.4 Å². The number of alkyl halides is 1. The number of carbonyl (C=O) groups excluding carboxylic acids is 1. The first kappa shape index (κ1) is 18.1. The monoisotopic (exact) mass is 446 g/mol. The number of aromatic nitrogens is 1. The molecule has 0 unspecified atom stereocenters. The molecule has 0 spiro atoms. The molecule has 1 amide bonds. The van der Waals surface area contributed by atoms with E-state index in [-0.39, 0.29) is 12.3 Å². The van der Waals surface area contributed by atoms with Gasteiger partial charge in [0.1, 0.15) is 11.9 Å². The number of hydrogen-bond donors (Lipinski definition) is 2. The molecule has 2 heterocycles. The van der Waals surface area contributed by atoms with Crippen LogP contribution in [0, 0.1) is 0 Å². The van der Waals surface area contributed by atoms with Gasteiger partial charge in [0.2, 0.25) is 5.91 Å². The molecule has 1 aromatic heterocycles. The van der Waals surface area contributed by atoms with Gasteiger partial charge < -0.3 is 15.0 Å². The number of H-pyrrole nitrogens is 1. The normalized spacial score (nSPS) is 19.1. The summed E-state index contributed by atoms with van der Waals surface area (Å²) in [4.78, 5) is 29.6. The van der Waals surface area contributed by atoms with Crippen LogP contribution in [0.5, 0.6) is 0 Å². The van der Waals surface area contributed by atoms with Gasteiger partial charge in [-0.3, -0.25) is 4.79 Å². The zero-order valence-corrected chi connectivity index (χ0v) is 16.5. The Kier molecular flexibility index (Phi) is 4.70. The van der Waals surface area contributed by atoms with Crippen molar-refractivity contribution in [3.63, 3.8) is 0 Å². The number of amides is 1. The predicted molar refractivity (Wildman–Crippen MR) is 107 cm³/mol. The highest BCUT2D eigenvalue weighted by Crippen LogP contribution is 2.42. The van der Waals surface area contributed by atoms with E-state index in [1.807, 2.05) is 48.5 Å². The molecule has 0 bridgehead atoms. The van der Waals surface area contributed by atoms with Crippen molar-refractivity contribution in [2.45, 2.75) is 18.5 Å². The Labute approximate surface area is 169 Å². The van der Waals surface area contributed by atoms with Crippen molar-refractivity contribution in [3.05, 3.63) is 69.8 Å². The van der Waals surface area contributed by atoms with E-state index < -0.39 is 24.0 Å². The van der Waals surface area contributed by atoms with Crippen LogP contribution in [-0.2, 0) is 16.0 Å². The maximum atomic E-state index is 12.7. The van der Waals surface area contributed by atoms with E-state index in [4.69, 9.17) is 11.6 Å². The average Bonchev–Trinajstić information content (AvgIpc) is 3.05. The van der Waals surface area contributed by atoms with Crippen LogP contribution in [0.1, 0.15) is 22.9 Å². The Bertz CT molecular complexity index is 1050. The smallest absolute Gasteiger partial charge is 0.326 e. The van der Waals surface area contributed by atoms with Gasteiger partial charge in [-0.2, -0.15) is 0 Å². The van der Waals surface area contributed by atoms with Gasteiger partial charge in [0.05, 0.1) is 6.04 Å². The molecule has 2 N–H and O–H groups in total. The lowest BCUT2D eigenvalue weighted by molar-refractivity contribution is -0.151. The maximum Gasteiger partial charge on any atom is 0.326 e. The van der Waals surface area contributed by atoms with Crippen molar-refractivity contribution in [2.24, 2.45) is 0 Å². The molecule has 0 fully saturated rings. The van der Waals surface area contributed by atoms with Gasteiger partial charge in [-0.1, -0.05) is 52.3 Å². The Morgan fingerprint density at radius 3 is 2.59 bits per heavy atom. The molecule has 2 atom stereocenters. The van der Waals surface area contributed by atoms with E-state index in [9.17, 15) is 14.7 Å². The summed E-state index contributed by atoms with van der Waals surface area (Å²) in [7, 11) is 0. The molecule has 138 valence electrons. The SMILES string of the molecule is O=C(O)[C@@H]1Cc2c([nH]c3ccccc23)[C@H](c2ccccc2Br)N1C(=O)CCl. The van der Waals surface area contributed by atoms with Crippen molar-refractivity contribution in [1.29, 1.82) is 0 Å². The molecule has 1 aliphatic rings. The van der Waals surface area contributed by atoms with Crippen LogP contribution < -0.4 is 0 Å². The van der Waals surface area contributed by atoms with E-state index in [1.54, 1.807) is 0 Å². The summed E-state index contributed by atoms with van der Waals surface area (Å²) in [6.07, 6.45) is 0.234. The van der Waals surface area contributed by atoms with Gasteiger partial charge in [-0.25, -0.2) is 4.79 Å². The Morgan fingerprint density at radius 2 is 1.89 bits per heavy atom. The van der Waals surface area contributed by atoms with Gasteiger partial charge in [0.25, 0.3) is 0 Å². The van der Waals surface area contributed by atoms with Crippen LogP contribution in [-0.4, -0.2) is 38.8 Å². The summed E-state index contributed by atoms with van der Waals surface area (Å²) in [5.41, 5.74) is 3.50. The summed E-state index contributed by atoms with van der Waals surface area (Å²) < 4.78 is 0.804. The fourth-order valence-corrected chi connectivity index (χ4v) is 4.52. The maximum absolute atomic E-state index is 12.7. The molecule has 1 aliphatic heterocycles. The lowest BCUT2D eigenvalue weighted by Gasteiger charge is -2.40. The van der Waals surface area contributed by atoms with E-state index >= 15 is 0 Å². The summed E-state index contributed by atoms with van der Waals surface area (Å²) in [6, 6.07) is 13.7. The molecule has 0 saturated heterocycles. The number of benzene rings is 2. The second-order valence-electron chi connectivity index (χ2n) is 6.48. The highest BCUT2D eigenvalue weighted by molar-refractivity contribution is 9.10. The van der Waals surface area contributed by atoms with Gasteiger partial charge in [-0.15, -0.1) is 11.6 Å². The number of nitrogens with one attached hydrogen (secondary N) is 1. The Balaban J connectivity index is 2.02. The van der Waals surface area contributed by atoms with Crippen molar-refractivity contribution in [2.75, 3.05) is 5.88 Å². The number of rotatable bonds is 3. The first-order valence-corrected chi connectivity index (χ1v) is 9.79. The fraction of sp³-hybridized carbons (Fsp3) is 0.200. The van der Waals surface area contributed by atoms with E-state index in [2.05, 4.69) is 20.9 Å². The number of para-hydroxylation sites is 1. The van der Waals surface area contributed by atoms with Crippen molar-refractivity contribution in [1.82, 2.24) is 9.88 Å². The molecule has 0 aliphatic carbocycles. The summed E-state index contributed by atoms with van der Waals surface area (Å²) >= 11 is 9.40. The zero-order valence-electron chi connectivity index (χ0n) is 14.2. The van der Waals surface area contributed by atoms with Crippen LogP contribution in [0.4, 0.5) is 0 Å². The van der Waals surface area contributed by atoms with Crippen molar-refractivity contribution >= 4 is 50.3 Å². The van der Waals surface area contributed by atoms with Gasteiger partial charge in [0, 0.05) is 27.5 Å². The van der Waals surface area contributed by atoms with Crippen LogP contribution in [0.2, 0.25) is 0 Å². The number of carboxylic acid groups (broad SMARTS) is 1. The lowest BCUT2D eigenvalue weighted by atomic mass is 9.88. The molecule has 5 nitrogen and oxygen atoms in total. The Hall–Kier alpha value is -2.31. The van der Waals surface area contributed by atoms with Gasteiger partial charge in [0.15, 0.2) is 0 Å². The molecule has 7 heteroatoms. The second kappa shape index (κ2) is 7.02. The number of carboxylic acids is 1. The highest BCUT2D eigenvalue weighted by atomic mass is 79.9. The third kappa shape index (κ3) is 2.93. The van der Waals surface area contributed by atoms with E-state index in [1.165, 1.54) is 4.90 Å². The molecule has 3 aromatic rings. The number of nitrogens with zero attached hydrogens (tertiary/aromatic N) is 1. The minimum atomic E-state index is -1.04. The quantitative estimate of drug-likeness (QED) is 0.594. The molecular weight excluding hydrogens is 432 g/mol. The summed E-state index contributed by atoms with van der Waals surface area (Å²) in [5.74, 6) is -1.73. The number of hydrogen-bond acceptors (Lipinski definition) is 2.